The van der Waals surface area contributed by atoms with E-state index in [1.807, 2.05) is 0 Å². The third kappa shape index (κ3) is 9.19. The normalized spacial score (nSPS) is 13.6. The second-order valence-corrected chi connectivity index (χ2v) is 4.83. The van der Waals surface area contributed by atoms with Crippen LogP contribution in [0.15, 0.2) is 4.52 Å². The number of carbonyl (C=O) groups is 3. The van der Waals surface area contributed by atoms with E-state index in [0.29, 0.717) is 0 Å². The first-order chi connectivity index (χ1) is 11.6. The Balaban J connectivity index is 0.00000129. The van der Waals surface area contributed by atoms with Gasteiger partial charge in [0.2, 0.25) is 11.8 Å². The summed E-state index contributed by atoms with van der Waals surface area (Å²) in [6.07, 6.45) is -1.26. The van der Waals surface area contributed by atoms with Gasteiger partial charge in [0.15, 0.2) is 11.9 Å². The molecule has 3 atom stereocenters. The first kappa shape index (κ1) is 22.2. The predicted octanol–water partition coefficient (Wildman–Crippen LogP) is -2.81. The Morgan fingerprint density at radius 3 is 2.36 bits per heavy atom. The maximum Gasteiger partial charge on any atom is 0.328 e. The van der Waals surface area contributed by atoms with E-state index in [2.05, 4.69) is 26.5 Å². The highest BCUT2D eigenvalue weighted by Gasteiger charge is 2.25. The summed E-state index contributed by atoms with van der Waals surface area (Å²) in [6, 6.07) is -3.05. The second-order valence-electron chi connectivity index (χ2n) is 4.83. The Labute approximate surface area is 142 Å². The zero-order valence-electron chi connectivity index (χ0n) is 13.7. The number of carboxylic acid groups (broad SMARTS) is 1. The second kappa shape index (κ2) is 10.9. The highest BCUT2D eigenvalue weighted by Crippen LogP contribution is 2.04. The van der Waals surface area contributed by atoms with Crippen molar-refractivity contribution in [3.63, 3.8) is 0 Å². The molecule has 13 nitrogen and oxygen atoms in total. The van der Waals surface area contributed by atoms with E-state index in [1.54, 1.807) is 0 Å². The Morgan fingerprint density at radius 1 is 1.36 bits per heavy atom. The van der Waals surface area contributed by atoms with E-state index in [1.165, 1.54) is 13.8 Å². The number of carbonyl (C=O) groups excluding carboxylic acids is 2. The Morgan fingerprint density at radius 2 is 1.92 bits per heavy atom. The van der Waals surface area contributed by atoms with Crippen molar-refractivity contribution in [2.75, 3.05) is 6.61 Å². The smallest absolute Gasteiger partial charge is 0.328 e. The number of aliphatic hydroxyl groups is 2. The van der Waals surface area contributed by atoms with Crippen LogP contribution in [-0.2, 0) is 16.1 Å². The van der Waals surface area contributed by atoms with Crippen LogP contribution in [0.1, 0.15) is 31.6 Å². The molecule has 142 valence electrons. The van der Waals surface area contributed by atoms with Crippen molar-refractivity contribution >= 4 is 17.9 Å². The molecule has 13 heteroatoms. The Kier molecular flexibility index (Phi) is 9.69. The predicted molar refractivity (Wildman–Crippen MR) is 81.7 cm³/mol. The summed E-state index contributed by atoms with van der Waals surface area (Å²) in [5, 5.41) is 34.7. The maximum absolute atomic E-state index is 11.5. The molecule has 0 saturated carbocycles. The quantitative estimate of drug-likeness (QED) is 0.263. The summed E-state index contributed by atoms with van der Waals surface area (Å²) in [5.41, 5.74) is 9.94. The lowest BCUT2D eigenvalue weighted by Crippen LogP contribution is -2.51. The molecule has 1 aromatic heterocycles. The number of amides is 3. The van der Waals surface area contributed by atoms with Crippen LogP contribution in [0.3, 0.4) is 0 Å². The number of primary amides is 1. The lowest BCUT2D eigenvalue weighted by atomic mass is 10.2. The van der Waals surface area contributed by atoms with E-state index >= 15 is 0 Å². The van der Waals surface area contributed by atoms with Crippen LogP contribution in [-0.4, -0.2) is 62.1 Å². The molecule has 0 radical (unpaired) electrons. The van der Waals surface area contributed by atoms with Crippen LogP contribution < -0.4 is 22.1 Å². The van der Waals surface area contributed by atoms with Crippen molar-refractivity contribution in [1.29, 1.82) is 0 Å². The van der Waals surface area contributed by atoms with Crippen molar-refractivity contribution in [1.82, 2.24) is 20.8 Å². The SMILES string of the molecule is CC(N)=O.CC(O)C(NC(=O)NCc1nc(C(N)CO)no1)C(=O)O. The maximum atomic E-state index is 11.5. The Hall–Kier alpha value is -2.77. The molecule has 0 fully saturated rings. The average molecular weight is 362 g/mol. The summed E-state index contributed by atoms with van der Waals surface area (Å²) in [7, 11) is 0. The van der Waals surface area contributed by atoms with Crippen LogP contribution in [0, 0.1) is 0 Å². The lowest BCUT2D eigenvalue weighted by molar-refractivity contribution is -0.141. The van der Waals surface area contributed by atoms with E-state index in [0.717, 1.165) is 0 Å². The lowest BCUT2D eigenvalue weighted by Gasteiger charge is -2.16. The number of hydrogen-bond acceptors (Lipinski definition) is 9. The minimum absolute atomic E-state index is 0.0352. The van der Waals surface area contributed by atoms with E-state index in [-0.39, 0.29) is 30.8 Å². The van der Waals surface area contributed by atoms with Crippen LogP contribution in [0.5, 0.6) is 0 Å². The molecule has 0 bridgehead atoms. The third-order valence-electron chi connectivity index (χ3n) is 2.45. The molecule has 0 saturated heterocycles. The number of urea groups is 1. The zero-order chi connectivity index (χ0) is 19.6. The van der Waals surface area contributed by atoms with Gasteiger partial charge in [-0.3, -0.25) is 4.79 Å². The number of nitrogens with zero attached hydrogens (tertiary/aromatic N) is 2. The van der Waals surface area contributed by atoms with Crippen LogP contribution in [0.25, 0.3) is 0 Å². The van der Waals surface area contributed by atoms with Gasteiger partial charge in [0.05, 0.1) is 25.3 Å². The number of nitrogens with one attached hydrogen (secondary N) is 2. The molecule has 3 amide bonds. The van der Waals surface area contributed by atoms with Gasteiger partial charge in [-0.15, -0.1) is 0 Å². The largest absolute Gasteiger partial charge is 0.480 e. The molecule has 25 heavy (non-hydrogen) atoms. The van der Waals surface area contributed by atoms with Crippen molar-refractivity contribution in [2.24, 2.45) is 11.5 Å². The first-order valence-electron chi connectivity index (χ1n) is 6.98. The molecule has 0 spiro atoms. The highest BCUT2D eigenvalue weighted by atomic mass is 16.5. The summed E-state index contributed by atoms with van der Waals surface area (Å²) in [4.78, 5) is 35.3. The van der Waals surface area contributed by atoms with E-state index in [4.69, 9.17) is 20.5 Å². The molecule has 0 aliphatic carbocycles. The van der Waals surface area contributed by atoms with Crippen molar-refractivity contribution in [3.05, 3.63) is 11.7 Å². The molecule has 0 aromatic carbocycles. The molecule has 1 rings (SSSR count). The average Bonchev–Trinajstić information content (AvgIpc) is 2.97. The number of aliphatic hydroxyl groups excluding tert-OH is 2. The fraction of sp³-hybridized carbons (Fsp3) is 0.583. The van der Waals surface area contributed by atoms with Gasteiger partial charge in [-0.1, -0.05) is 5.16 Å². The number of nitrogens with two attached hydrogens (primary N) is 2. The monoisotopic (exact) mass is 362 g/mol. The van der Waals surface area contributed by atoms with E-state index < -0.39 is 30.2 Å². The first-order valence-corrected chi connectivity index (χ1v) is 6.98. The third-order valence-corrected chi connectivity index (χ3v) is 2.45. The molecule has 0 aliphatic heterocycles. The standard InChI is InChI=1S/C10H17N5O6.C2H5NO/c1-4(17)7(9(18)19)14-10(20)12-2-6-13-8(15-21-6)5(11)3-16;1-2(3)4/h4-5,7,16-17H,2-3,11H2,1H3,(H,18,19)(H2,12,14,20);1H3,(H2,3,4). The molecule has 1 heterocycles. The van der Waals surface area contributed by atoms with Crippen LogP contribution >= 0.6 is 0 Å². The van der Waals surface area contributed by atoms with Gasteiger partial charge in [-0.2, -0.15) is 4.98 Å². The summed E-state index contributed by atoms with van der Waals surface area (Å²) in [6.45, 7) is 2.02. The minimum atomic E-state index is -1.44. The Bertz CT molecular complexity index is 572. The van der Waals surface area contributed by atoms with Gasteiger partial charge in [0.25, 0.3) is 0 Å². The number of hydrogen-bond donors (Lipinski definition) is 7. The molecule has 0 aliphatic rings. The molecule has 3 unspecified atom stereocenters. The molecular formula is C12H22N6O7. The number of aromatic nitrogens is 2. The number of aliphatic carboxylic acids is 1. The molecular weight excluding hydrogens is 340 g/mol. The van der Waals surface area contributed by atoms with Crippen LogP contribution in [0.2, 0.25) is 0 Å². The van der Waals surface area contributed by atoms with Gasteiger partial charge in [-0.05, 0) is 6.92 Å². The summed E-state index contributed by atoms with van der Waals surface area (Å²) in [5.74, 6) is -1.58. The summed E-state index contributed by atoms with van der Waals surface area (Å²) < 4.78 is 4.78. The van der Waals surface area contributed by atoms with E-state index in [9.17, 15) is 19.5 Å². The van der Waals surface area contributed by atoms with Crippen molar-refractivity contribution in [2.45, 2.75) is 38.6 Å². The topological polar surface area (TPSA) is 227 Å². The van der Waals surface area contributed by atoms with Gasteiger partial charge in [0.1, 0.15) is 0 Å². The molecule has 9 N–H and O–H groups in total. The highest BCUT2D eigenvalue weighted by molar-refractivity contribution is 5.82. The number of rotatable bonds is 7. The summed E-state index contributed by atoms with van der Waals surface area (Å²) >= 11 is 0. The molecule has 1 aromatic rings. The van der Waals surface area contributed by atoms with Gasteiger partial charge >= 0.3 is 12.0 Å². The van der Waals surface area contributed by atoms with Gasteiger partial charge < -0.3 is 41.9 Å². The van der Waals surface area contributed by atoms with Crippen molar-refractivity contribution in [3.8, 4) is 0 Å². The fourth-order valence-corrected chi connectivity index (χ4v) is 1.31. The van der Waals surface area contributed by atoms with Gasteiger partial charge in [-0.25, -0.2) is 9.59 Å². The number of carboxylic acids is 1. The zero-order valence-corrected chi connectivity index (χ0v) is 13.7. The van der Waals surface area contributed by atoms with Crippen molar-refractivity contribution < 1.29 is 34.2 Å². The fourth-order valence-electron chi connectivity index (χ4n) is 1.31. The minimum Gasteiger partial charge on any atom is -0.480 e. The van der Waals surface area contributed by atoms with Gasteiger partial charge in [0, 0.05) is 6.92 Å². The van der Waals surface area contributed by atoms with Crippen LogP contribution in [0.4, 0.5) is 4.79 Å².